The van der Waals surface area contributed by atoms with Crippen LogP contribution in [0, 0.1) is 11.8 Å². The topological polar surface area (TPSA) is 143 Å². The Kier molecular flexibility index (Phi) is 7.21. The molecule has 35 heavy (non-hydrogen) atoms. The Balaban J connectivity index is 1.96. The molecule has 1 aromatic carbocycles. The van der Waals surface area contributed by atoms with Crippen LogP contribution in [0.15, 0.2) is 41.3 Å². The summed E-state index contributed by atoms with van der Waals surface area (Å²) in [7, 11) is -3.84. The van der Waals surface area contributed by atoms with Crippen LogP contribution in [-0.4, -0.2) is 46.8 Å². The third kappa shape index (κ3) is 7.51. The van der Waals surface area contributed by atoms with Gasteiger partial charge in [0.05, 0.1) is 16.5 Å². The smallest absolute Gasteiger partial charge is 0.378 e. The van der Waals surface area contributed by atoms with E-state index in [0.717, 1.165) is 0 Å². The lowest BCUT2D eigenvalue weighted by molar-refractivity contribution is -0.115. The molecular formula is C22H23F3N6O3S. The Bertz CT molecular complexity index is 1390. The first-order chi connectivity index (χ1) is 16.1. The van der Waals surface area contributed by atoms with E-state index in [0.29, 0.717) is 5.56 Å². The van der Waals surface area contributed by atoms with E-state index in [-0.39, 0.29) is 33.4 Å². The number of nitrogens with one attached hydrogen (secondary N) is 2. The molecule has 0 radical (unpaired) electrons. The van der Waals surface area contributed by atoms with Gasteiger partial charge in [-0.2, -0.15) is 18.2 Å². The number of sulfonamides is 1. The maximum Gasteiger partial charge on any atom is 0.405 e. The molecule has 1 atom stereocenters. The van der Waals surface area contributed by atoms with Crippen molar-refractivity contribution in [3.63, 3.8) is 0 Å². The number of aliphatic hydroxyl groups is 1. The molecule has 2 heterocycles. The SMILES string of the molecule is CC(Nc1nc(NCC(F)(F)F)c2nc(C#CC(C)(C)O)ccc2n1)c1ccc(S(N)(=O)=O)cc1. The van der Waals surface area contributed by atoms with E-state index in [2.05, 4.69) is 37.4 Å². The lowest BCUT2D eigenvalue weighted by Gasteiger charge is -2.17. The van der Waals surface area contributed by atoms with Gasteiger partial charge in [0.1, 0.15) is 23.4 Å². The van der Waals surface area contributed by atoms with Crippen LogP contribution in [0.1, 0.15) is 38.1 Å². The highest BCUT2D eigenvalue weighted by atomic mass is 32.2. The average Bonchev–Trinajstić information content (AvgIpc) is 2.74. The first-order valence-electron chi connectivity index (χ1n) is 10.2. The van der Waals surface area contributed by atoms with Gasteiger partial charge in [-0.15, -0.1) is 0 Å². The number of hydrogen-bond donors (Lipinski definition) is 4. The van der Waals surface area contributed by atoms with Gasteiger partial charge in [0.15, 0.2) is 5.82 Å². The third-order valence-corrected chi connectivity index (χ3v) is 5.48. The second-order valence-electron chi connectivity index (χ2n) is 8.22. The summed E-state index contributed by atoms with van der Waals surface area (Å²) in [5.41, 5.74) is -0.0464. The first-order valence-corrected chi connectivity index (χ1v) is 11.8. The molecule has 0 fully saturated rings. The molecule has 1 unspecified atom stereocenters. The molecule has 186 valence electrons. The fourth-order valence-electron chi connectivity index (χ4n) is 2.90. The van der Waals surface area contributed by atoms with Crippen LogP contribution < -0.4 is 15.8 Å². The van der Waals surface area contributed by atoms with Crippen molar-refractivity contribution in [2.45, 2.75) is 43.5 Å². The Morgan fingerprint density at radius 2 is 1.74 bits per heavy atom. The molecule has 9 nitrogen and oxygen atoms in total. The predicted octanol–water partition coefficient (Wildman–Crippen LogP) is 2.94. The number of anilines is 2. The summed E-state index contributed by atoms with van der Waals surface area (Å²) in [6.45, 7) is 3.38. The third-order valence-electron chi connectivity index (χ3n) is 4.55. The summed E-state index contributed by atoms with van der Waals surface area (Å²) in [6.07, 6.45) is -4.50. The van der Waals surface area contributed by atoms with E-state index in [1.807, 2.05) is 0 Å². The molecule has 0 spiro atoms. The molecule has 0 saturated heterocycles. The van der Waals surface area contributed by atoms with Crippen LogP contribution in [0.3, 0.4) is 0 Å². The van der Waals surface area contributed by atoms with Crippen LogP contribution in [0.2, 0.25) is 0 Å². The zero-order valence-electron chi connectivity index (χ0n) is 19.0. The number of benzene rings is 1. The first kappa shape index (κ1) is 26.1. The van der Waals surface area contributed by atoms with Gasteiger partial charge in [-0.1, -0.05) is 18.1 Å². The molecule has 2 aromatic heterocycles. The van der Waals surface area contributed by atoms with Gasteiger partial charge in [-0.3, -0.25) is 0 Å². The van der Waals surface area contributed by atoms with Crippen LogP contribution in [0.4, 0.5) is 24.9 Å². The Morgan fingerprint density at radius 1 is 1.09 bits per heavy atom. The van der Waals surface area contributed by atoms with Crippen molar-refractivity contribution in [2.75, 3.05) is 17.2 Å². The highest BCUT2D eigenvalue weighted by Gasteiger charge is 2.27. The number of primary sulfonamides is 1. The number of hydrogen-bond acceptors (Lipinski definition) is 8. The summed E-state index contributed by atoms with van der Waals surface area (Å²) in [6, 6.07) is 8.44. The number of nitrogens with two attached hydrogens (primary N) is 1. The van der Waals surface area contributed by atoms with Gasteiger partial charge in [0, 0.05) is 0 Å². The summed E-state index contributed by atoms with van der Waals surface area (Å²) >= 11 is 0. The summed E-state index contributed by atoms with van der Waals surface area (Å²) in [4.78, 5) is 12.7. The average molecular weight is 509 g/mol. The maximum absolute atomic E-state index is 12.9. The van der Waals surface area contributed by atoms with Gasteiger partial charge in [0.2, 0.25) is 16.0 Å². The zero-order valence-corrected chi connectivity index (χ0v) is 19.8. The minimum absolute atomic E-state index is 0.0299. The molecule has 13 heteroatoms. The molecule has 0 amide bonds. The monoisotopic (exact) mass is 508 g/mol. The van der Waals surface area contributed by atoms with E-state index in [1.54, 1.807) is 19.1 Å². The molecule has 5 N–H and O–H groups in total. The lowest BCUT2D eigenvalue weighted by atomic mass is 10.1. The molecule has 0 aliphatic heterocycles. The van der Waals surface area contributed by atoms with Crippen LogP contribution in [-0.2, 0) is 10.0 Å². The summed E-state index contributed by atoms with van der Waals surface area (Å²) in [5.74, 6) is 5.14. The number of fused-ring (bicyclic) bond motifs is 1. The van der Waals surface area contributed by atoms with Gasteiger partial charge in [-0.05, 0) is 56.5 Å². The predicted molar refractivity (Wildman–Crippen MR) is 125 cm³/mol. The maximum atomic E-state index is 12.9. The molecule has 0 aliphatic rings. The number of nitrogens with zero attached hydrogens (tertiary/aromatic N) is 3. The highest BCUT2D eigenvalue weighted by Crippen LogP contribution is 2.25. The van der Waals surface area contributed by atoms with E-state index >= 15 is 0 Å². The number of halogens is 3. The van der Waals surface area contributed by atoms with Crippen LogP contribution in [0.5, 0.6) is 0 Å². The van der Waals surface area contributed by atoms with Gasteiger partial charge < -0.3 is 15.7 Å². The van der Waals surface area contributed by atoms with Crippen molar-refractivity contribution in [2.24, 2.45) is 5.14 Å². The number of rotatable bonds is 6. The van der Waals surface area contributed by atoms with Gasteiger partial charge >= 0.3 is 6.18 Å². The van der Waals surface area contributed by atoms with Crippen molar-refractivity contribution >= 4 is 32.8 Å². The second-order valence-corrected chi connectivity index (χ2v) is 9.78. The van der Waals surface area contributed by atoms with Crippen molar-refractivity contribution < 1.29 is 26.7 Å². The van der Waals surface area contributed by atoms with Crippen molar-refractivity contribution in [3.05, 3.63) is 47.7 Å². The van der Waals surface area contributed by atoms with Crippen LogP contribution >= 0.6 is 0 Å². The van der Waals surface area contributed by atoms with Crippen molar-refractivity contribution in [1.82, 2.24) is 15.0 Å². The van der Waals surface area contributed by atoms with Crippen LogP contribution in [0.25, 0.3) is 11.0 Å². The largest absolute Gasteiger partial charge is 0.405 e. The molecule has 3 rings (SSSR count). The van der Waals surface area contributed by atoms with Crippen molar-refractivity contribution in [3.8, 4) is 11.8 Å². The number of aromatic nitrogens is 3. The van der Waals surface area contributed by atoms with Crippen molar-refractivity contribution in [1.29, 1.82) is 0 Å². The molecule has 0 bridgehead atoms. The fraction of sp³-hybridized carbons (Fsp3) is 0.318. The standard InChI is InChI=1S/C22H23F3N6O3S/c1-13(14-4-7-16(8-5-14)35(26,33)34)28-20-30-17-9-6-15(10-11-21(2,3)32)29-18(17)19(31-20)27-12-22(23,24)25/h4-9,13,32H,12H2,1-3H3,(H2,26,33,34)(H2,27,28,30,31). The highest BCUT2D eigenvalue weighted by molar-refractivity contribution is 7.89. The molecule has 0 aliphatic carbocycles. The number of alkyl halides is 3. The Morgan fingerprint density at radius 3 is 2.31 bits per heavy atom. The normalized spacial score (nSPS) is 13.1. The van der Waals surface area contributed by atoms with E-state index in [9.17, 15) is 26.7 Å². The van der Waals surface area contributed by atoms with E-state index in [1.165, 1.54) is 38.1 Å². The quantitative estimate of drug-likeness (QED) is 0.372. The van der Waals surface area contributed by atoms with Gasteiger partial charge in [0.25, 0.3) is 0 Å². The van der Waals surface area contributed by atoms with E-state index < -0.39 is 34.4 Å². The van der Waals surface area contributed by atoms with Gasteiger partial charge in [-0.25, -0.2) is 23.5 Å². The minimum Gasteiger partial charge on any atom is -0.378 e. The molecule has 3 aromatic rings. The zero-order chi connectivity index (χ0) is 26.0. The number of pyridine rings is 1. The molecule has 0 saturated carbocycles. The minimum atomic E-state index is -4.50. The lowest BCUT2D eigenvalue weighted by Crippen LogP contribution is -2.22. The second kappa shape index (κ2) is 9.65. The Labute approximate surface area is 200 Å². The molecular weight excluding hydrogens is 485 g/mol. The Hall–Kier alpha value is -3.47. The fourth-order valence-corrected chi connectivity index (χ4v) is 3.41. The summed E-state index contributed by atoms with van der Waals surface area (Å²) < 4.78 is 61.5. The van der Waals surface area contributed by atoms with E-state index in [4.69, 9.17) is 5.14 Å². The summed E-state index contributed by atoms with van der Waals surface area (Å²) in [5, 5.41) is 20.1.